The normalized spacial score (nSPS) is 11.1. The Kier molecular flexibility index (Phi) is 2.12. The lowest BCUT2D eigenvalue weighted by Crippen LogP contribution is -2.20. The molecule has 0 amide bonds. The molecular formula is C13H8NO2S-. The van der Waals surface area contributed by atoms with E-state index in [-0.39, 0.29) is 4.88 Å². The van der Waals surface area contributed by atoms with Crippen LogP contribution in [0.15, 0.2) is 30.3 Å². The Bertz CT molecular complexity index is 746. The summed E-state index contributed by atoms with van der Waals surface area (Å²) in [6.45, 7) is 1.99. The van der Waals surface area contributed by atoms with Crippen LogP contribution in [0.4, 0.5) is 0 Å². The highest BCUT2D eigenvalue weighted by Gasteiger charge is 2.06. The van der Waals surface area contributed by atoms with Crippen LogP contribution in [0.25, 0.3) is 21.1 Å². The Balaban J connectivity index is 2.40. The van der Waals surface area contributed by atoms with Gasteiger partial charge in [-0.05, 0) is 24.6 Å². The predicted molar refractivity (Wildman–Crippen MR) is 66.2 cm³/mol. The molecule has 0 aliphatic heterocycles. The van der Waals surface area contributed by atoms with Gasteiger partial charge in [0.15, 0.2) is 0 Å². The van der Waals surface area contributed by atoms with E-state index < -0.39 is 5.97 Å². The van der Waals surface area contributed by atoms with E-state index in [2.05, 4.69) is 4.98 Å². The topological polar surface area (TPSA) is 53.0 Å². The molecule has 0 aliphatic rings. The Morgan fingerprint density at radius 1 is 1.29 bits per heavy atom. The third-order valence-corrected chi connectivity index (χ3v) is 3.76. The van der Waals surface area contributed by atoms with Crippen molar-refractivity contribution in [2.24, 2.45) is 0 Å². The number of fused-ring (bicyclic) bond motifs is 2. The van der Waals surface area contributed by atoms with Crippen molar-refractivity contribution in [1.29, 1.82) is 0 Å². The number of rotatable bonds is 1. The van der Waals surface area contributed by atoms with E-state index in [1.807, 2.05) is 31.2 Å². The minimum Gasteiger partial charge on any atom is -0.544 e. The number of hydrogen-bond acceptors (Lipinski definition) is 4. The van der Waals surface area contributed by atoms with Crippen molar-refractivity contribution in [3.63, 3.8) is 0 Å². The van der Waals surface area contributed by atoms with Gasteiger partial charge < -0.3 is 9.90 Å². The number of hydrogen-bond donors (Lipinski definition) is 0. The molecule has 3 aromatic rings. The molecule has 3 rings (SSSR count). The zero-order chi connectivity index (χ0) is 12.0. The molecule has 3 nitrogen and oxygen atoms in total. The van der Waals surface area contributed by atoms with E-state index in [1.165, 1.54) is 0 Å². The summed E-state index contributed by atoms with van der Waals surface area (Å²) in [7, 11) is 0. The van der Waals surface area contributed by atoms with Crippen LogP contribution >= 0.6 is 11.3 Å². The molecule has 1 aromatic carbocycles. The van der Waals surface area contributed by atoms with Crippen LogP contribution in [-0.4, -0.2) is 11.0 Å². The summed E-state index contributed by atoms with van der Waals surface area (Å²) in [5.74, 6) is -1.14. The number of carboxylic acid groups (broad SMARTS) is 1. The van der Waals surface area contributed by atoms with Crippen LogP contribution in [-0.2, 0) is 0 Å². The number of aryl methyl sites for hydroxylation is 1. The standard InChI is InChI=1S/C13H9NO2S/c1-7-3-2-4-8-5-9-6-10(13(15)16)17-12(9)14-11(7)8/h2-6H,1H3,(H,15,16)/p-1. The van der Waals surface area contributed by atoms with Gasteiger partial charge in [-0.1, -0.05) is 18.2 Å². The Morgan fingerprint density at radius 3 is 2.88 bits per heavy atom. The van der Waals surface area contributed by atoms with Gasteiger partial charge in [0.05, 0.1) is 16.4 Å². The maximum absolute atomic E-state index is 10.8. The molecule has 2 heterocycles. The summed E-state index contributed by atoms with van der Waals surface area (Å²) in [6, 6.07) is 9.52. The summed E-state index contributed by atoms with van der Waals surface area (Å²) < 4.78 is 0. The minimum absolute atomic E-state index is 0.223. The number of aromatic carboxylic acids is 1. The lowest BCUT2D eigenvalue weighted by molar-refractivity contribution is -0.254. The van der Waals surface area contributed by atoms with Crippen LogP contribution in [0.5, 0.6) is 0 Å². The largest absolute Gasteiger partial charge is 0.544 e. The number of aromatic nitrogens is 1. The number of nitrogens with zero attached hydrogens (tertiary/aromatic N) is 1. The van der Waals surface area contributed by atoms with Gasteiger partial charge in [-0.25, -0.2) is 4.98 Å². The molecule has 0 aliphatic carbocycles. The molecule has 0 saturated heterocycles. The summed E-state index contributed by atoms with van der Waals surface area (Å²) in [4.78, 5) is 16.3. The summed E-state index contributed by atoms with van der Waals surface area (Å²) in [6.07, 6.45) is 0. The number of benzene rings is 1. The average molecular weight is 242 g/mol. The lowest BCUT2D eigenvalue weighted by atomic mass is 10.1. The Morgan fingerprint density at radius 2 is 2.12 bits per heavy atom. The van der Waals surface area contributed by atoms with E-state index >= 15 is 0 Å². The second-order valence-electron chi connectivity index (χ2n) is 3.93. The smallest absolute Gasteiger partial charge is 0.124 e. The maximum Gasteiger partial charge on any atom is 0.124 e. The van der Waals surface area contributed by atoms with Crippen molar-refractivity contribution in [2.75, 3.05) is 0 Å². The van der Waals surface area contributed by atoms with Gasteiger partial charge in [-0.3, -0.25) is 0 Å². The fourth-order valence-corrected chi connectivity index (χ4v) is 2.76. The highest BCUT2D eigenvalue weighted by Crippen LogP contribution is 2.28. The van der Waals surface area contributed by atoms with Crippen LogP contribution < -0.4 is 5.11 Å². The molecule has 0 bridgehead atoms. The van der Waals surface area contributed by atoms with Gasteiger partial charge in [0.2, 0.25) is 0 Å². The molecule has 0 radical (unpaired) electrons. The van der Waals surface area contributed by atoms with E-state index in [4.69, 9.17) is 0 Å². The van der Waals surface area contributed by atoms with Gasteiger partial charge in [0, 0.05) is 10.8 Å². The molecule has 0 unspecified atom stereocenters. The molecule has 0 fully saturated rings. The van der Waals surface area contributed by atoms with Crippen LogP contribution in [0.3, 0.4) is 0 Å². The summed E-state index contributed by atoms with van der Waals surface area (Å²) in [5.41, 5.74) is 2.01. The third-order valence-electron chi connectivity index (χ3n) is 2.73. The average Bonchev–Trinajstić information content (AvgIpc) is 2.70. The van der Waals surface area contributed by atoms with E-state index in [1.54, 1.807) is 6.07 Å². The Hall–Kier alpha value is -1.94. The SMILES string of the molecule is Cc1cccc2cc3cc(C(=O)[O-])sc3nc12. The number of carbonyl (C=O) groups is 1. The molecule has 0 N–H and O–H groups in total. The van der Waals surface area contributed by atoms with Crippen LogP contribution in [0, 0.1) is 6.92 Å². The summed E-state index contributed by atoms with van der Waals surface area (Å²) >= 11 is 1.16. The Labute approximate surface area is 101 Å². The first kappa shape index (κ1) is 10.2. The van der Waals surface area contributed by atoms with Gasteiger partial charge >= 0.3 is 0 Å². The first-order valence-corrected chi connectivity index (χ1v) is 5.98. The van der Waals surface area contributed by atoms with E-state index in [0.717, 1.165) is 38.0 Å². The predicted octanol–water partition coefficient (Wildman–Crippen LogP) is 2.12. The van der Waals surface area contributed by atoms with Crippen LogP contribution in [0.1, 0.15) is 15.2 Å². The van der Waals surface area contributed by atoms with Gasteiger partial charge in [0.25, 0.3) is 0 Å². The fraction of sp³-hybridized carbons (Fsp3) is 0.0769. The van der Waals surface area contributed by atoms with Gasteiger partial charge in [-0.15, -0.1) is 11.3 Å². The van der Waals surface area contributed by atoms with Crippen molar-refractivity contribution in [1.82, 2.24) is 4.98 Å². The van der Waals surface area contributed by atoms with Crippen molar-refractivity contribution < 1.29 is 9.90 Å². The number of para-hydroxylation sites is 1. The fourth-order valence-electron chi connectivity index (χ4n) is 1.91. The number of thiophene rings is 1. The van der Waals surface area contributed by atoms with Crippen molar-refractivity contribution in [3.8, 4) is 0 Å². The molecule has 84 valence electrons. The highest BCUT2D eigenvalue weighted by molar-refractivity contribution is 7.20. The van der Waals surface area contributed by atoms with Crippen molar-refractivity contribution >= 4 is 38.4 Å². The first-order chi connectivity index (χ1) is 8.15. The second-order valence-corrected chi connectivity index (χ2v) is 4.96. The van der Waals surface area contributed by atoms with Gasteiger partial charge in [0.1, 0.15) is 4.83 Å². The maximum atomic E-state index is 10.8. The quantitative estimate of drug-likeness (QED) is 0.656. The zero-order valence-electron chi connectivity index (χ0n) is 9.06. The zero-order valence-corrected chi connectivity index (χ0v) is 9.88. The number of pyridine rings is 1. The molecule has 17 heavy (non-hydrogen) atoms. The monoisotopic (exact) mass is 242 g/mol. The number of carbonyl (C=O) groups excluding carboxylic acids is 1. The third kappa shape index (κ3) is 1.57. The summed E-state index contributed by atoms with van der Waals surface area (Å²) in [5, 5.41) is 12.7. The molecular weight excluding hydrogens is 234 g/mol. The van der Waals surface area contributed by atoms with Crippen molar-refractivity contribution in [3.05, 3.63) is 40.8 Å². The molecule has 0 saturated carbocycles. The molecule has 4 heteroatoms. The van der Waals surface area contributed by atoms with Crippen molar-refractivity contribution in [2.45, 2.75) is 6.92 Å². The van der Waals surface area contributed by atoms with Crippen LogP contribution in [0.2, 0.25) is 0 Å². The minimum atomic E-state index is -1.14. The molecule has 0 atom stereocenters. The number of carboxylic acids is 1. The van der Waals surface area contributed by atoms with E-state index in [0.29, 0.717) is 0 Å². The first-order valence-electron chi connectivity index (χ1n) is 5.16. The second kappa shape index (κ2) is 3.53. The molecule has 0 spiro atoms. The molecule has 2 aromatic heterocycles. The lowest BCUT2D eigenvalue weighted by Gasteiger charge is -2.00. The van der Waals surface area contributed by atoms with E-state index in [9.17, 15) is 9.90 Å². The highest BCUT2D eigenvalue weighted by atomic mass is 32.1. The van der Waals surface area contributed by atoms with Gasteiger partial charge in [-0.2, -0.15) is 0 Å².